The molecule has 1 aromatic rings. The summed E-state index contributed by atoms with van der Waals surface area (Å²) in [7, 11) is 0. The van der Waals surface area contributed by atoms with E-state index < -0.39 is 24.0 Å². The summed E-state index contributed by atoms with van der Waals surface area (Å²) in [6.45, 7) is 2.19. The molecule has 96 valence electrons. The molecule has 1 aliphatic heterocycles. The summed E-state index contributed by atoms with van der Waals surface area (Å²) in [6.07, 6.45) is -0.969. The molecule has 1 saturated heterocycles. The van der Waals surface area contributed by atoms with Crippen LogP contribution in [0.1, 0.15) is 16.6 Å². The molecular weight excluding hydrogens is 256 g/mol. The zero-order chi connectivity index (χ0) is 13.1. The molecule has 6 nitrogen and oxygen atoms in total. The van der Waals surface area contributed by atoms with Crippen molar-refractivity contribution < 1.29 is 19.1 Å². The minimum Gasteiger partial charge on any atom is -0.448 e. The molecule has 1 aliphatic rings. The van der Waals surface area contributed by atoms with Gasteiger partial charge in [-0.3, -0.25) is 9.69 Å². The number of thiophene rings is 1. The molecule has 7 heteroatoms. The van der Waals surface area contributed by atoms with Gasteiger partial charge < -0.3 is 10.1 Å². The van der Waals surface area contributed by atoms with Gasteiger partial charge in [0.2, 0.25) is 0 Å². The highest BCUT2D eigenvalue weighted by Crippen LogP contribution is 2.12. The lowest BCUT2D eigenvalue weighted by Crippen LogP contribution is -2.41. The van der Waals surface area contributed by atoms with Crippen molar-refractivity contribution in [2.75, 3.05) is 13.1 Å². The van der Waals surface area contributed by atoms with E-state index in [-0.39, 0.29) is 0 Å². The van der Waals surface area contributed by atoms with Gasteiger partial charge in [-0.1, -0.05) is 6.07 Å². The lowest BCUT2D eigenvalue weighted by molar-refractivity contribution is -0.135. The largest absolute Gasteiger partial charge is 0.448 e. The predicted molar refractivity (Wildman–Crippen MR) is 64.3 cm³/mol. The first-order valence-corrected chi connectivity index (χ1v) is 6.31. The molecule has 1 atom stereocenters. The zero-order valence-corrected chi connectivity index (χ0v) is 10.5. The molecule has 1 aromatic heterocycles. The van der Waals surface area contributed by atoms with Crippen LogP contribution >= 0.6 is 11.3 Å². The van der Waals surface area contributed by atoms with Crippen LogP contribution in [0.25, 0.3) is 0 Å². The van der Waals surface area contributed by atoms with Gasteiger partial charge in [0.25, 0.3) is 5.91 Å². The van der Waals surface area contributed by atoms with Crippen molar-refractivity contribution in [3.8, 4) is 0 Å². The minimum absolute atomic E-state index is 0.304. The minimum atomic E-state index is -0.969. The van der Waals surface area contributed by atoms with Crippen LogP contribution in [-0.2, 0) is 9.53 Å². The number of ether oxygens (including phenoxy) is 1. The molecule has 3 amide bonds. The summed E-state index contributed by atoms with van der Waals surface area (Å²) in [4.78, 5) is 36.3. The van der Waals surface area contributed by atoms with Gasteiger partial charge in [0.1, 0.15) is 4.88 Å². The highest BCUT2D eigenvalue weighted by atomic mass is 32.1. The standard InChI is InChI=1S/C11H12N2O4S/c1-7(9(14)13-5-4-12-11(13)16)17-10(15)8-3-2-6-18-8/h2-3,6-7H,4-5H2,1H3,(H,12,16). The summed E-state index contributed by atoms with van der Waals surface area (Å²) in [5, 5.41) is 4.26. The van der Waals surface area contributed by atoms with Crippen LogP contribution in [0.5, 0.6) is 0 Å². The van der Waals surface area contributed by atoms with Crippen LogP contribution in [0.4, 0.5) is 4.79 Å². The number of amides is 3. The maximum absolute atomic E-state index is 11.9. The van der Waals surface area contributed by atoms with E-state index in [2.05, 4.69) is 5.32 Å². The Labute approximate surface area is 108 Å². The van der Waals surface area contributed by atoms with Gasteiger partial charge in [-0.05, 0) is 18.4 Å². The maximum atomic E-state index is 11.9. The molecule has 1 fully saturated rings. The number of nitrogens with zero attached hydrogens (tertiary/aromatic N) is 1. The first kappa shape index (κ1) is 12.6. The second-order valence-corrected chi connectivity index (χ2v) is 4.69. The molecule has 0 aromatic carbocycles. The fourth-order valence-corrected chi connectivity index (χ4v) is 2.17. The lowest BCUT2D eigenvalue weighted by atomic mass is 10.3. The van der Waals surface area contributed by atoms with Gasteiger partial charge in [-0.2, -0.15) is 0 Å². The Morgan fingerprint density at radius 2 is 2.33 bits per heavy atom. The molecule has 0 spiro atoms. The molecule has 0 aliphatic carbocycles. The highest BCUT2D eigenvalue weighted by molar-refractivity contribution is 7.11. The number of urea groups is 1. The van der Waals surface area contributed by atoms with E-state index in [9.17, 15) is 14.4 Å². The van der Waals surface area contributed by atoms with Crippen molar-refractivity contribution in [3.63, 3.8) is 0 Å². The Morgan fingerprint density at radius 3 is 2.89 bits per heavy atom. The summed E-state index contributed by atoms with van der Waals surface area (Å²) < 4.78 is 5.02. The van der Waals surface area contributed by atoms with Crippen LogP contribution in [0.15, 0.2) is 17.5 Å². The summed E-state index contributed by atoms with van der Waals surface area (Å²) in [5.74, 6) is -1.06. The number of hydrogen-bond acceptors (Lipinski definition) is 5. The maximum Gasteiger partial charge on any atom is 0.349 e. The van der Waals surface area contributed by atoms with Crippen LogP contribution in [0, 0.1) is 0 Å². The Bertz CT molecular complexity index is 471. The summed E-state index contributed by atoms with van der Waals surface area (Å²) >= 11 is 1.24. The van der Waals surface area contributed by atoms with E-state index >= 15 is 0 Å². The average Bonchev–Trinajstić information content (AvgIpc) is 2.98. The van der Waals surface area contributed by atoms with Gasteiger partial charge in [0, 0.05) is 13.1 Å². The first-order chi connectivity index (χ1) is 8.59. The fourth-order valence-electron chi connectivity index (χ4n) is 1.57. The first-order valence-electron chi connectivity index (χ1n) is 5.43. The van der Waals surface area contributed by atoms with Gasteiger partial charge >= 0.3 is 12.0 Å². The molecule has 0 radical (unpaired) electrons. The SMILES string of the molecule is CC(OC(=O)c1cccs1)C(=O)N1CCNC1=O. The van der Waals surface area contributed by atoms with Crippen molar-refractivity contribution >= 4 is 29.2 Å². The van der Waals surface area contributed by atoms with E-state index in [1.165, 1.54) is 18.3 Å². The number of rotatable bonds is 3. The van der Waals surface area contributed by atoms with Crippen molar-refractivity contribution in [2.24, 2.45) is 0 Å². The predicted octanol–water partition coefficient (Wildman–Crippen LogP) is 0.845. The molecule has 0 bridgehead atoms. The van der Waals surface area contributed by atoms with E-state index in [1.54, 1.807) is 17.5 Å². The molecular formula is C11H12N2O4S. The number of imide groups is 1. The van der Waals surface area contributed by atoms with Crippen LogP contribution < -0.4 is 5.32 Å². The monoisotopic (exact) mass is 268 g/mol. The Morgan fingerprint density at radius 1 is 1.56 bits per heavy atom. The van der Waals surface area contributed by atoms with Gasteiger partial charge in [-0.15, -0.1) is 11.3 Å². The fraction of sp³-hybridized carbons (Fsp3) is 0.364. The quantitative estimate of drug-likeness (QED) is 0.824. The average molecular weight is 268 g/mol. The molecule has 2 heterocycles. The molecule has 18 heavy (non-hydrogen) atoms. The molecule has 2 rings (SSSR count). The van der Waals surface area contributed by atoms with E-state index in [4.69, 9.17) is 4.74 Å². The molecule has 1 N–H and O–H groups in total. The van der Waals surface area contributed by atoms with Gasteiger partial charge in [-0.25, -0.2) is 9.59 Å². The van der Waals surface area contributed by atoms with Crippen molar-refractivity contribution in [3.05, 3.63) is 22.4 Å². The summed E-state index contributed by atoms with van der Waals surface area (Å²) in [5.41, 5.74) is 0. The van der Waals surface area contributed by atoms with E-state index in [0.717, 1.165) is 4.90 Å². The van der Waals surface area contributed by atoms with E-state index in [0.29, 0.717) is 18.0 Å². The van der Waals surface area contributed by atoms with Gasteiger partial charge in [0.05, 0.1) is 0 Å². The number of hydrogen-bond donors (Lipinski definition) is 1. The van der Waals surface area contributed by atoms with Crippen LogP contribution in [0.3, 0.4) is 0 Å². The zero-order valence-electron chi connectivity index (χ0n) is 9.71. The lowest BCUT2D eigenvalue weighted by Gasteiger charge is -2.17. The second kappa shape index (κ2) is 5.18. The third-order valence-electron chi connectivity index (χ3n) is 2.48. The number of esters is 1. The smallest absolute Gasteiger partial charge is 0.349 e. The third-order valence-corrected chi connectivity index (χ3v) is 3.33. The second-order valence-electron chi connectivity index (χ2n) is 3.75. The normalized spacial score (nSPS) is 16.3. The number of carbonyl (C=O) groups excluding carboxylic acids is 3. The topological polar surface area (TPSA) is 75.7 Å². The van der Waals surface area contributed by atoms with Crippen molar-refractivity contribution in [1.29, 1.82) is 0 Å². The Kier molecular flexibility index (Phi) is 3.61. The highest BCUT2D eigenvalue weighted by Gasteiger charge is 2.31. The van der Waals surface area contributed by atoms with Crippen molar-refractivity contribution in [1.82, 2.24) is 10.2 Å². The third kappa shape index (κ3) is 2.51. The van der Waals surface area contributed by atoms with Crippen LogP contribution in [0.2, 0.25) is 0 Å². The Balaban J connectivity index is 1.95. The van der Waals surface area contributed by atoms with E-state index in [1.807, 2.05) is 0 Å². The molecule has 0 saturated carbocycles. The molecule has 1 unspecified atom stereocenters. The summed E-state index contributed by atoms with van der Waals surface area (Å²) in [6, 6.07) is 2.90. The van der Waals surface area contributed by atoms with Crippen LogP contribution in [-0.4, -0.2) is 42.0 Å². The number of carbonyl (C=O) groups is 3. The van der Waals surface area contributed by atoms with Gasteiger partial charge in [0.15, 0.2) is 6.10 Å². The van der Waals surface area contributed by atoms with Crippen molar-refractivity contribution in [2.45, 2.75) is 13.0 Å². The number of nitrogens with one attached hydrogen (secondary N) is 1. The Hall–Kier alpha value is -1.89.